The Kier molecular flexibility index (Phi) is 4.23. The van der Waals surface area contributed by atoms with Crippen LogP contribution in [0.5, 0.6) is 5.75 Å². The predicted molar refractivity (Wildman–Crippen MR) is 77.2 cm³/mol. The van der Waals surface area contributed by atoms with Gasteiger partial charge in [0.25, 0.3) is 0 Å². The fourth-order valence-corrected chi connectivity index (χ4v) is 2.12. The summed E-state index contributed by atoms with van der Waals surface area (Å²) in [5, 5.41) is 0.499. The molecule has 0 N–H and O–H groups in total. The second-order valence-electron chi connectivity index (χ2n) is 4.19. The summed E-state index contributed by atoms with van der Waals surface area (Å²) < 4.78 is 5.49. The van der Waals surface area contributed by atoms with E-state index in [1.165, 1.54) is 0 Å². The monoisotopic (exact) mass is 274 g/mol. The number of carbonyl (C=O) groups excluding carboxylic acids is 1. The number of hydrogen-bond acceptors (Lipinski definition) is 2. The van der Waals surface area contributed by atoms with E-state index >= 15 is 0 Å². The standard InChI is InChI=1S/C16H15ClO2/c1-3-19-14-10-5-4-8-12(14)16(18)13-9-6-7-11(2)15(13)17/h4-10H,3H2,1-2H3. The number of rotatable bonds is 4. The van der Waals surface area contributed by atoms with Crippen molar-refractivity contribution < 1.29 is 9.53 Å². The minimum absolute atomic E-state index is 0.113. The Labute approximate surface area is 118 Å². The van der Waals surface area contributed by atoms with E-state index in [0.29, 0.717) is 28.5 Å². The van der Waals surface area contributed by atoms with Crippen molar-refractivity contribution in [1.29, 1.82) is 0 Å². The average molecular weight is 275 g/mol. The predicted octanol–water partition coefficient (Wildman–Crippen LogP) is 4.28. The zero-order valence-corrected chi connectivity index (χ0v) is 11.7. The van der Waals surface area contributed by atoms with Crippen molar-refractivity contribution in [2.75, 3.05) is 6.61 Å². The van der Waals surface area contributed by atoms with E-state index in [4.69, 9.17) is 16.3 Å². The molecule has 0 aliphatic heterocycles. The second-order valence-corrected chi connectivity index (χ2v) is 4.57. The first kappa shape index (κ1) is 13.6. The van der Waals surface area contributed by atoms with Crippen molar-refractivity contribution in [3.8, 4) is 5.75 Å². The number of halogens is 1. The maximum Gasteiger partial charge on any atom is 0.198 e. The van der Waals surface area contributed by atoms with Gasteiger partial charge in [0.15, 0.2) is 5.78 Å². The van der Waals surface area contributed by atoms with Gasteiger partial charge in [-0.05, 0) is 37.6 Å². The van der Waals surface area contributed by atoms with Crippen LogP contribution in [-0.2, 0) is 0 Å². The number of aryl methyl sites for hydroxylation is 1. The van der Waals surface area contributed by atoms with E-state index in [2.05, 4.69) is 0 Å². The highest BCUT2D eigenvalue weighted by atomic mass is 35.5. The Balaban J connectivity index is 2.47. The van der Waals surface area contributed by atoms with E-state index in [9.17, 15) is 4.79 Å². The summed E-state index contributed by atoms with van der Waals surface area (Å²) in [4.78, 5) is 12.6. The molecule has 0 amide bonds. The molecule has 0 saturated carbocycles. The van der Waals surface area contributed by atoms with Crippen LogP contribution in [0.4, 0.5) is 0 Å². The molecule has 0 saturated heterocycles. The summed E-state index contributed by atoms with van der Waals surface area (Å²) >= 11 is 6.21. The molecule has 19 heavy (non-hydrogen) atoms. The van der Waals surface area contributed by atoms with Crippen LogP contribution >= 0.6 is 11.6 Å². The van der Waals surface area contributed by atoms with Crippen LogP contribution in [0.2, 0.25) is 5.02 Å². The number of carbonyl (C=O) groups is 1. The molecule has 0 aliphatic carbocycles. The normalized spacial score (nSPS) is 10.3. The van der Waals surface area contributed by atoms with Gasteiger partial charge in [0.1, 0.15) is 5.75 Å². The van der Waals surface area contributed by atoms with E-state index in [1.807, 2.05) is 38.1 Å². The van der Waals surface area contributed by atoms with E-state index in [-0.39, 0.29) is 5.78 Å². The summed E-state index contributed by atoms with van der Waals surface area (Å²) in [6, 6.07) is 12.7. The first-order valence-electron chi connectivity index (χ1n) is 6.16. The summed E-state index contributed by atoms with van der Waals surface area (Å²) in [7, 11) is 0. The molecule has 0 aliphatic rings. The van der Waals surface area contributed by atoms with Gasteiger partial charge in [0.2, 0.25) is 0 Å². The third kappa shape index (κ3) is 2.79. The third-order valence-electron chi connectivity index (χ3n) is 2.87. The van der Waals surface area contributed by atoms with Crippen LogP contribution in [0.15, 0.2) is 42.5 Å². The number of ether oxygens (including phenoxy) is 1. The quantitative estimate of drug-likeness (QED) is 0.778. The van der Waals surface area contributed by atoms with Gasteiger partial charge < -0.3 is 4.74 Å². The molecule has 0 radical (unpaired) electrons. The fraction of sp³-hybridized carbons (Fsp3) is 0.188. The molecule has 0 atom stereocenters. The zero-order chi connectivity index (χ0) is 13.8. The van der Waals surface area contributed by atoms with Crippen molar-refractivity contribution in [2.45, 2.75) is 13.8 Å². The number of ketones is 1. The van der Waals surface area contributed by atoms with Gasteiger partial charge in [-0.1, -0.05) is 35.9 Å². The Morgan fingerprint density at radius 2 is 1.79 bits per heavy atom. The molecule has 0 fully saturated rings. The Morgan fingerprint density at radius 3 is 2.53 bits per heavy atom. The zero-order valence-electron chi connectivity index (χ0n) is 10.9. The first-order chi connectivity index (χ1) is 9.15. The van der Waals surface area contributed by atoms with E-state index < -0.39 is 0 Å². The molecule has 2 nitrogen and oxygen atoms in total. The SMILES string of the molecule is CCOc1ccccc1C(=O)c1cccc(C)c1Cl. The Morgan fingerprint density at radius 1 is 1.11 bits per heavy atom. The highest BCUT2D eigenvalue weighted by Crippen LogP contribution is 2.27. The maximum absolute atomic E-state index is 12.6. The lowest BCUT2D eigenvalue weighted by molar-refractivity contribution is 0.103. The molecule has 3 heteroatoms. The lowest BCUT2D eigenvalue weighted by Crippen LogP contribution is -2.06. The molecule has 98 valence electrons. The van der Waals surface area contributed by atoms with Crippen LogP contribution in [0.3, 0.4) is 0 Å². The van der Waals surface area contributed by atoms with Crippen molar-refractivity contribution >= 4 is 17.4 Å². The van der Waals surface area contributed by atoms with Gasteiger partial charge in [0, 0.05) is 5.56 Å². The third-order valence-corrected chi connectivity index (χ3v) is 3.37. The fourth-order valence-electron chi connectivity index (χ4n) is 1.90. The summed E-state index contributed by atoms with van der Waals surface area (Å²) in [6.07, 6.45) is 0. The molecule has 2 aromatic rings. The number of hydrogen-bond donors (Lipinski definition) is 0. The lowest BCUT2D eigenvalue weighted by atomic mass is 10.0. The molecule has 0 aromatic heterocycles. The minimum atomic E-state index is -0.113. The molecule has 2 rings (SSSR count). The summed E-state index contributed by atoms with van der Waals surface area (Å²) in [5.41, 5.74) is 1.94. The van der Waals surface area contributed by atoms with Crippen molar-refractivity contribution in [3.63, 3.8) is 0 Å². The highest BCUT2D eigenvalue weighted by Gasteiger charge is 2.17. The molecular formula is C16H15ClO2. The van der Waals surface area contributed by atoms with Gasteiger partial charge in [0.05, 0.1) is 17.2 Å². The number of para-hydroxylation sites is 1. The minimum Gasteiger partial charge on any atom is -0.493 e. The Bertz CT molecular complexity index is 605. The molecule has 0 unspecified atom stereocenters. The maximum atomic E-state index is 12.6. The largest absolute Gasteiger partial charge is 0.493 e. The van der Waals surface area contributed by atoms with Gasteiger partial charge in [-0.2, -0.15) is 0 Å². The van der Waals surface area contributed by atoms with Crippen molar-refractivity contribution in [2.24, 2.45) is 0 Å². The lowest BCUT2D eigenvalue weighted by Gasteiger charge is -2.10. The molecule has 0 heterocycles. The molecule has 0 spiro atoms. The van der Waals surface area contributed by atoms with Crippen LogP contribution < -0.4 is 4.74 Å². The molecule has 0 bridgehead atoms. The second kappa shape index (κ2) is 5.89. The van der Waals surface area contributed by atoms with Crippen molar-refractivity contribution in [1.82, 2.24) is 0 Å². The van der Waals surface area contributed by atoms with Gasteiger partial charge >= 0.3 is 0 Å². The van der Waals surface area contributed by atoms with E-state index in [0.717, 1.165) is 5.56 Å². The number of benzene rings is 2. The summed E-state index contributed by atoms with van der Waals surface area (Å²) in [6.45, 7) is 4.29. The van der Waals surface area contributed by atoms with Gasteiger partial charge in [-0.3, -0.25) is 4.79 Å². The van der Waals surface area contributed by atoms with E-state index in [1.54, 1.807) is 18.2 Å². The van der Waals surface area contributed by atoms with Crippen LogP contribution in [0, 0.1) is 6.92 Å². The molecule has 2 aromatic carbocycles. The average Bonchev–Trinajstić information content (AvgIpc) is 2.42. The Hall–Kier alpha value is -1.80. The smallest absolute Gasteiger partial charge is 0.198 e. The van der Waals surface area contributed by atoms with Crippen LogP contribution in [0.1, 0.15) is 28.4 Å². The topological polar surface area (TPSA) is 26.3 Å². The van der Waals surface area contributed by atoms with Crippen molar-refractivity contribution in [3.05, 3.63) is 64.2 Å². The first-order valence-corrected chi connectivity index (χ1v) is 6.54. The van der Waals surface area contributed by atoms with Crippen LogP contribution in [-0.4, -0.2) is 12.4 Å². The van der Waals surface area contributed by atoms with Gasteiger partial charge in [-0.15, -0.1) is 0 Å². The van der Waals surface area contributed by atoms with Gasteiger partial charge in [-0.25, -0.2) is 0 Å². The van der Waals surface area contributed by atoms with Crippen LogP contribution in [0.25, 0.3) is 0 Å². The summed E-state index contributed by atoms with van der Waals surface area (Å²) in [5.74, 6) is 0.477. The molecular weight excluding hydrogens is 260 g/mol. The highest BCUT2D eigenvalue weighted by molar-refractivity contribution is 6.35.